The van der Waals surface area contributed by atoms with Gasteiger partial charge in [0, 0.05) is 30.5 Å². The van der Waals surface area contributed by atoms with Gasteiger partial charge in [0.25, 0.3) is 0 Å². The van der Waals surface area contributed by atoms with Gasteiger partial charge in [-0.25, -0.2) is 4.98 Å². The van der Waals surface area contributed by atoms with E-state index in [-0.39, 0.29) is 0 Å². The quantitative estimate of drug-likeness (QED) is 0.552. The van der Waals surface area contributed by atoms with E-state index in [9.17, 15) is 0 Å². The Labute approximate surface area is 179 Å². The van der Waals surface area contributed by atoms with Crippen molar-refractivity contribution in [3.8, 4) is 5.75 Å². The number of benzene rings is 2. The fraction of sp³-hybridized carbons (Fsp3) is 0.346. The first-order valence-corrected chi connectivity index (χ1v) is 11.0. The molecule has 5 rings (SSSR count). The molecule has 0 saturated carbocycles. The maximum atomic E-state index is 5.33. The molecule has 2 aliphatic rings. The summed E-state index contributed by atoms with van der Waals surface area (Å²) in [7, 11) is 1.72. The summed E-state index contributed by atoms with van der Waals surface area (Å²) >= 11 is 0. The van der Waals surface area contributed by atoms with Crippen molar-refractivity contribution in [2.75, 3.05) is 25.1 Å². The van der Waals surface area contributed by atoms with Crippen molar-refractivity contribution in [3.05, 3.63) is 83.6 Å². The molecule has 0 N–H and O–H groups in total. The predicted molar refractivity (Wildman–Crippen MR) is 121 cm³/mol. The Balaban J connectivity index is 1.40. The molecule has 1 saturated heterocycles. The van der Waals surface area contributed by atoms with E-state index in [1.807, 2.05) is 6.20 Å². The lowest BCUT2D eigenvalue weighted by Gasteiger charge is -2.32. The van der Waals surface area contributed by atoms with Crippen LogP contribution in [0.5, 0.6) is 5.75 Å². The van der Waals surface area contributed by atoms with Crippen molar-refractivity contribution < 1.29 is 4.74 Å². The van der Waals surface area contributed by atoms with Gasteiger partial charge in [-0.05, 0) is 79.8 Å². The standard InChI is InChI=1S/C26H29N3O/c1-19(20-9-11-23(30-2)12-10-20)28-16-5-8-25(28)22-13-15-27-26(18-22)29-17-14-21-6-3-4-7-24(21)29/h3-4,6-7,9-13,15,18-19,25H,5,8,14,16-17H2,1-2H3/t19-,25?/m1/s1. The first-order chi connectivity index (χ1) is 14.7. The lowest BCUT2D eigenvalue weighted by molar-refractivity contribution is 0.194. The van der Waals surface area contributed by atoms with E-state index in [0.717, 1.165) is 31.1 Å². The summed E-state index contributed by atoms with van der Waals surface area (Å²) in [5.41, 5.74) is 5.44. The molecule has 0 bridgehead atoms. The molecular formula is C26H29N3O. The highest BCUT2D eigenvalue weighted by Gasteiger charge is 2.31. The minimum atomic E-state index is 0.368. The number of pyridine rings is 1. The van der Waals surface area contributed by atoms with E-state index in [2.05, 4.69) is 77.4 Å². The third-order valence-corrected chi connectivity index (χ3v) is 6.71. The lowest BCUT2D eigenvalue weighted by Crippen LogP contribution is -2.27. The van der Waals surface area contributed by atoms with Crippen molar-refractivity contribution in [1.29, 1.82) is 0 Å². The first-order valence-electron chi connectivity index (χ1n) is 11.0. The lowest BCUT2D eigenvalue weighted by atomic mass is 10.0. The van der Waals surface area contributed by atoms with Gasteiger partial charge in [-0.1, -0.05) is 30.3 Å². The Kier molecular flexibility index (Phi) is 5.17. The molecule has 1 aromatic heterocycles. The smallest absolute Gasteiger partial charge is 0.133 e. The molecule has 4 heteroatoms. The Bertz CT molecular complexity index is 1020. The number of hydrogen-bond donors (Lipinski definition) is 0. The van der Waals surface area contributed by atoms with Crippen molar-refractivity contribution in [2.24, 2.45) is 0 Å². The molecule has 2 aromatic carbocycles. The second-order valence-electron chi connectivity index (χ2n) is 8.32. The second-order valence-corrected chi connectivity index (χ2v) is 8.32. The van der Waals surface area contributed by atoms with E-state index in [4.69, 9.17) is 9.72 Å². The van der Waals surface area contributed by atoms with Gasteiger partial charge in [-0.15, -0.1) is 0 Å². The fourth-order valence-corrected chi connectivity index (χ4v) is 5.05. The molecule has 1 unspecified atom stereocenters. The summed E-state index contributed by atoms with van der Waals surface area (Å²) in [5.74, 6) is 1.98. The number of ether oxygens (including phenoxy) is 1. The maximum Gasteiger partial charge on any atom is 0.133 e. The number of methoxy groups -OCH3 is 1. The second kappa shape index (κ2) is 8.11. The van der Waals surface area contributed by atoms with Gasteiger partial charge in [-0.2, -0.15) is 0 Å². The molecule has 0 aliphatic carbocycles. The number of rotatable bonds is 5. The fourth-order valence-electron chi connectivity index (χ4n) is 5.05. The summed E-state index contributed by atoms with van der Waals surface area (Å²) < 4.78 is 5.33. The van der Waals surface area contributed by atoms with Crippen LogP contribution in [0.2, 0.25) is 0 Å². The van der Waals surface area contributed by atoms with Crippen LogP contribution in [0.1, 0.15) is 48.5 Å². The van der Waals surface area contributed by atoms with E-state index in [1.54, 1.807) is 7.11 Å². The van der Waals surface area contributed by atoms with Crippen molar-refractivity contribution in [2.45, 2.75) is 38.3 Å². The first kappa shape index (κ1) is 19.1. The molecule has 4 nitrogen and oxygen atoms in total. The summed E-state index contributed by atoms with van der Waals surface area (Å²) in [6.45, 7) is 4.45. The van der Waals surface area contributed by atoms with Gasteiger partial charge in [0.05, 0.1) is 7.11 Å². The van der Waals surface area contributed by atoms with E-state index < -0.39 is 0 Å². The van der Waals surface area contributed by atoms with Gasteiger partial charge in [-0.3, -0.25) is 4.90 Å². The molecule has 1 fully saturated rings. The number of hydrogen-bond acceptors (Lipinski definition) is 4. The summed E-state index contributed by atoms with van der Waals surface area (Å²) in [5, 5.41) is 0. The average Bonchev–Trinajstić information content (AvgIpc) is 3.46. The van der Waals surface area contributed by atoms with Crippen molar-refractivity contribution in [1.82, 2.24) is 9.88 Å². The number of anilines is 2. The molecule has 30 heavy (non-hydrogen) atoms. The monoisotopic (exact) mass is 399 g/mol. The third kappa shape index (κ3) is 3.46. The summed E-state index contributed by atoms with van der Waals surface area (Å²) in [4.78, 5) is 9.74. The van der Waals surface area contributed by atoms with Crippen LogP contribution in [0.15, 0.2) is 66.9 Å². The molecule has 0 spiro atoms. The number of likely N-dealkylation sites (tertiary alicyclic amines) is 1. The van der Waals surface area contributed by atoms with E-state index >= 15 is 0 Å². The minimum absolute atomic E-state index is 0.368. The Morgan fingerprint density at radius 2 is 1.87 bits per heavy atom. The number of para-hydroxylation sites is 1. The van der Waals surface area contributed by atoms with Crippen LogP contribution < -0.4 is 9.64 Å². The Morgan fingerprint density at radius 3 is 2.70 bits per heavy atom. The van der Waals surface area contributed by atoms with Crippen LogP contribution in [-0.4, -0.2) is 30.1 Å². The van der Waals surface area contributed by atoms with Gasteiger partial charge in [0.15, 0.2) is 0 Å². The summed E-state index contributed by atoms with van der Waals surface area (Å²) in [6.07, 6.45) is 5.50. The molecule has 2 atom stereocenters. The largest absolute Gasteiger partial charge is 0.497 e. The van der Waals surface area contributed by atoms with Gasteiger partial charge in [0.1, 0.15) is 11.6 Å². The Hall–Kier alpha value is -2.85. The molecule has 2 aliphatic heterocycles. The number of aromatic nitrogens is 1. The van der Waals surface area contributed by atoms with Crippen molar-refractivity contribution >= 4 is 11.5 Å². The summed E-state index contributed by atoms with van der Waals surface area (Å²) in [6, 6.07) is 22.5. The number of fused-ring (bicyclic) bond motifs is 1. The molecule has 3 heterocycles. The van der Waals surface area contributed by atoms with Gasteiger partial charge in [0.2, 0.25) is 0 Å². The molecular weight excluding hydrogens is 370 g/mol. The van der Waals surface area contributed by atoms with Crippen LogP contribution in [0.3, 0.4) is 0 Å². The molecule has 0 amide bonds. The van der Waals surface area contributed by atoms with Crippen LogP contribution >= 0.6 is 0 Å². The third-order valence-electron chi connectivity index (χ3n) is 6.71. The van der Waals surface area contributed by atoms with Crippen LogP contribution in [0, 0.1) is 0 Å². The molecule has 154 valence electrons. The predicted octanol–water partition coefficient (Wildman–Crippen LogP) is 5.68. The van der Waals surface area contributed by atoms with Crippen LogP contribution in [0.25, 0.3) is 0 Å². The normalized spacial score (nSPS) is 19.7. The van der Waals surface area contributed by atoms with Gasteiger partial charge < -0.3 is 9.64 Å². The maximum absolute atomic E-state index is 5.33. The zero-order valence-corrected chi connectivity index (χ0v) is 17.8. The zero-order valence-electron chi connectivity index (χ0n) is 17.8. The van der Waals surface area contributed by atoms with E-state index in [0.29, 0.717) is 12.1 Å². The van der Waals surface area contributed by atoms with E-state index in [1.165, 1.54) is 35.2 Å². The molecule has 0 radical (unpaired) electrons. The van der Waals surface area contributed by atoms with Crippen LogP contribution in [0.4, 0.5) is 11.5 Å². The average molecular weight is 400 g/mol. The number of nitrogens with zero attached hydrogens (tertiary/aromatic N) is 3. The Morgan fingerprint density at radius 1 is 1.03 bits per heavy atom. The SMILES string of the molecule is COc1ccc([C@@H](C)N2CCCC2c2ccnc(N3CCc4ccccc43)c2)cc1. The van der Waals surface area contributed by atoms with Crippen LogP contribution in [-0.2, 0) is 6.42 Å². The zero-order chi connectivity index (χ0) is 20.5. The van der Waals surface area contributed by atoms with Crippen molar-refractivity contribution in [3.63, 3.8) is 0 Å². The highest BCUT2D eigenvalue weighted by Crippen LogP contribution is 2.40. The highest BCUT2D eigenvalue weighted by molar-refractivity contribution is 5.67. The molecule has 3 aromatic rings. The van der Waals surface area contributed by atoms with Gasteiger partial charge >= 0.3 is 0 Å². The minimum Gasteiger partial charge on any atom is -0.497 e. The topological polar surface area (TPSA) is 28.6 Å². The highest BCUT2D eigenvalue weighted by atomic mass is 16.5.